The first-order chi connectivity index (χ1) is 21.5. The lowest BCUT2D eigenvalue weighted by Crippen LogP contribution is -2.11. The summed E-state index contributed by atoms with van der Waals surface area (Å²) in [7, 11) is 0. The van der Waals surface area contributed by atoms with Gasteiger partial charge in [0.25, 0.3) is 0 Å². The van der Waals surface area contributed by atoms with Gasteiger partial charge >= 0.3 is 0 Å². The molecule has 0 radical (unpaired) electrons. The average Bonchev–Trinajstić information content (AvgIpc) is 3.64. The highest BCUT2D eigenvalue weighted by Crippen LogP contribution is 2.39. The van der Waals surface area contributed by atoms with Crippen LogP contribution in [0.1, 0.15) is 26.3 Å². The van der Waals surface area contributed by atoms with Gasteiger partial charge in [-0.15, -0.1) is 0 Å². The van der Waals surface area contributed by atoms with Crippen molar-refractivity contribution >= 4 is 32.8 Å². The van der Waals surface area contributed by atoms with Crippen molar-refractivity contribution in [1.29, 1.82) is 0 Å². The summed E-state index contributed by atoms with van der Waals surface area (Å²) in [6.45, 7) is 6.71. The van der Waals surface area contributed by atoms with E-state index >= 15 is 0 Å². The second-order valence-electron chi connectivity index (χ2n) is 12.4. The van der Waals surface area contributed by atoms with Gasteiger partial charge in [0.05, 0.1) is 22.2 Å². The van der Waals surface area contributed by atoms with Crippen LogP contribution in [0.3, 0.4) is 0 Å². The number of benzene rings is 5. The maximum absolute atomic E-state index is 5.43. The minimum atomic E-state index is 0.0510. The molecule has 8 aromatic rings. The summed E-state index contributed by atoms with van der Waals surface area (Å²) in [6, 6.07) is 45.0. The Morgan fingerprint density at radius 3 is 2.23 bits per heavy atom. The van der Waals surface area contributed by atoms with Gasteiger partial charge in [-0.05, 0) is 65.1 Å². The standard InChI is InChI=1S/C40H32N4/c1-40(2,3)28-22-23-41-35(25-28)27-13-9-12-26(24-27)30-17-11-21-36-38(30)43-39(44(36)29-14-5-4-6-15-29)33-19-10-18-32-31-16-7-8-20-34(31)42-37(32)33/h4-25,42H,1-3H3. The summed E-state index contributed by atoms with van der Waals surface area (Å²) in [6.07, 6.45) is 1.92. The highest BCUT2D eigenvalue weighted by Gasteiger charge is 2.21. The van der Waals surface area contributed by atoms with E-state index in [0.29, 0.717) is 0 Å². The van der Waals surface area contributed by atoms with Gasteiger partial charge in [-0.2, -0.15) is 0 Å². The quantitative estimate of drug-likeness (QED) is 0.230. The topological polar surface area (TPSA) is 46.5 Å². The molecule has 0 aliphatic rings. The molecule has 4 heteroatoms. The fourth-order valence-electron chi connectivity index (χ4n) is 6.31. The molecule has 44 heavy (non-hydrogen) atoms. The fraction of sp³-hybridized carbons (Fsp3) is 0.100. The zero-order chi connectivity index (χ0) is 29.8. The molecule has 4 nitrogen and oxygen atoms in total. The van der Waals surface area contributed by atoms with E-state index in [2.05, 4.69) is 158 Å². The van der Waals surface area contributed by atoms with Crippen LogP contribution in [0, 0.1) is 0 Å². The summed E-state index contributed by atoms with van der Waals surface area (Å²) in [4.78, 5) is 13.9. The second-order valence-corrected chi connectivity index (χ2v) is 12.4. The lowest BCUT2D eigenvalue weighted by molar-refractivity contribution is 0.589. The minimum absolute atomic E-state index is 0.0510. The van der Waals surface area contributed by atoms with Gasteiger partial charge in [0.2, 0.25) is 0 Å². The number of aromatic nitrogens is 4. The van der Waals surface area contributed by atoms with Crippen molar-refractivity contribution in [3.05, 3.63) is 139 Å². The number of nitrogens with one attached hydrogen (secondary N) is 1. The molecule has 0 spiro atoms. The van der Waals surface area contributed by atoms with E-state index in [9.17, 15) is 0 Å². The van der Waals surface area contributed by atoms with E-state index < -0.39 is 0 Å². The van der Waals surface area contributed by atoms with Gasteiger partial charge in [0.1, 0.15) is 5.82 Å². The fourth-order valence-corrected chi connectivity index (χ4v) is 6.31. The summed E-state index contributed by atoms with van der Waals surface area (Å²) >= 11 is 0. The normalized spacial score (nSPS) is 12.0. The molecule has 0 fully saturated rings. The Morgan fingerprint density at radius 2 is 1.36 bits per heavy atom. The first-order valence-corrected chi connectivity index (χ1v) is 15.1. The highest BCUT2D eigenvalue weighted by molar-refractivity contribution is 6.12. The van der Waals surface area contributed by atoms with Crippen LogP contribution in [0.4, 0.5) is 0 Å². The zero-order valence-corrected chi connectivity index (χ0v) is 25.0. The Kier molecular flexibility index (Phi) is 5.98. The molecule has 5 aromatic carbocycles. The number of para-hydroxylation sites is 4. The third-order valence-electron chi connectivity index (χ3n) is 8.58. The first-order valence-electron chi connectivity index (χ1n) is 15.1. The maximum Gasteiger partial charge on any atom is 0.147 e. The average molecular weight is 569 g/mol. The molecule has 0 unspecified atom stereocenters. The molecule has 0 aliphatic carbocycles. The number of pyridine rings is 1. The lowest BCUT2D eigenvalue weighted by Gasteiger charge is -2.19. The molecule has 0 atom stereocenters. The number of H-pyrrole nitrogens is 1. The Hall–Kier alpha value is -5.48. The van der Waals surface area contributed by atoms with Crippen molar-refractivity contribution in [2.24, 2.45) is 0 Å². The van der Waals surface area contributed by atoms with E-state index in [1.807, 2.05) is 6.20 Å². The van der Waals surface area contributed by atoms with E-state index in [1.54, 1.807) is 0 Å². The van der Waals surface area contributed by atoms with Gasteiger partial charge in [0.15, 0.2) is 0 Å². The van der Waals surface area contributed by atoms with Crippen molar-refractivity contribution in [2.45, 2.75) is 26.2 Å². The Balaban J connectivity index is 1.36. The molecule has 3 aromatic heterocycles. The monoisotopic (exact) mass is 568 g/mol. The number of rotatable bonds is 4. The smallest absolute Gasteiger partial charge is 0.147 e. The minimum Gasteiger partial charge on any atom is -0.354 e. The second kappa shape index (κ2) is 10.1. The molecule has 0 aliphatic heterocycles. The van der Waals surface area contributed by atoms with Crippen molar-refractivity contribution < 1.29 is 0 Å². The molecular formula is C40H32N4. The summed E-state index contributed by atoms with van der Waals surface area (Å²) in [5.74, 6) is 0.909. The summed E-state index contributed by atoms with van der Waals surface area (Å²) in [5.41, 5.74) is 12.0. The molecule has 0 amide bonds. The number of imidazole rings is 1. The number of fused-ring (bicyclic) bond motifs is 4. The van der Waals surface area contributed by atoms with Crippen molar-refractivity contribution in [1.82, 2.24) is 19.5 Å². The first kappa shape index (κ1) is 26.2. The van der Waals surface area contributed by atoms with Crippen LogP contribution in [0.15, 0.2) is 134 Å². The molecule has 0 bridgehead atoms. The van der Waals surface area contributed by atoms with Crippen LogP contribution in [-0.4, -0.2) is 19.5 Å². The van der Waals surface area contributed by atoms with Crippen molar-refractivity contribution in [3.63, 3.8) is 0 Å². The van der Waals surface area contributed by atoms with Crippen LogP contribution in [0.2, 0.25) is 0 Å². The highest BCUT2D eigenvalue weighted by atomic mass is 15.1. The van der Waals surface area contributed by atoms with Crippen LogP contribution in [0.5, 0.6) is 0 Å². The van der Waals surface area contributed by atoms with Crippen LogP contribution in [-0.2, 0) is 5.41 Å². The van der Waals surface area contributed by atoms with Crippen LogP contribution >= 0.6 is 0 Å². The predicted octanol–water partition coefficient (Wildman–Crippen LogP) is 10.4. The van der Waals surface area contributed by atoms with Crippen molar-refractivity contribution in [2.75, 3.05) is 0 Å². The largest absolute Gasteiger partial charge is 0.354 e. The number of hydrogen-bond donors (Lipinski definition) is 1. The number of nitrogens with zero attached hydrogens (tertiary/aromatic N) is 3. The Bertz CT molecular complexity index is 2320. The van der Waals surface area contributed by atoms with Gasteiger partial charge in [-0.25, -0.2) is 4.98 Å². The Morgan fingerprint density at radius 1 is 0.636 bits per heavy atom. The molecule has 3 heterocycles. The molecule has 0 saturated carbocycles. The zero-order valence-electron chi connectivity index (χ0n) is 25.0. The van der Waals surface area contributed by atoms with E-state index in [0.717, 1.165) is 61.5 Å². The van der Waals surface area contributed by atoms with E-state index in [1.165, 1.54) is 16.3 Å². The van der Waals surface area contributed by atoms with Crippen LogP contribution in [0.25, 0.3) is 72.3 Å². The van der Waals surface area contributed by atoms with Gasteiger partial charge < -0.3 is 4.98 Å². The molecular weight excluding hydrogens is 536 g/mol. The lowest BCUT2D eigenvalue weighted by atomic mass is 9.87. The molecule has 0 saturated heterocycles. The third kappa shape index (κ3) is 4.30. The number of aromatic amines is 1. The third-order valence-corrected chi connectivity index (χ3v) is 8.58. The van der Waals surface area contributed by atoms with Gasteiger partial charge in [-0.1, -0.05) is 99.6 Å². The predicted molar refractivity (Wildman–Crippen MR) is 183 cm³/mol. The van der Waals surface area contributed by atoms with Crippen molar-refractivity contribution in [3.8, 4) is 39.5 Å². The molecule has 8 rings (SSSR count). The van der Waals surface area contributed by atoms with E-state index in [-0.39, 0.29) is 5.41 Å². The van der Waals surface area contributed by atoms with E-state index in [4.69, 9.17) is 9.97 Å². The Labute approximate surface area is 256 Å². The SMILES string of the molecule is CC(C)(C)c1ccnc(-c2cccc(-c3cccc4c3nc(-c3cccc5c3[nH]c3ccccc35)n4-c3ccccc3)c2)c1. The summed E-state index contributed by atoms with van der Waals surface area (Å²) in [5, 5.41) is 2.41. The maximum atomic E-state index is 5.43. The van der Waals surface area contributed by atoms with Crippen LogP contribution < -0.4 is 0 Å². The van der Waals surface area contributed by atoms with Gasteiger partial charge in [-0.3, -0.25) is 9.55 Å². The molecule has 212 valence electrons. The number of hydrogen-bond acceptors (Lipinski definition) is 2. The summed E-state index contributed by atoms with van der Waals surface area (Å²) < 4.78 is 2.29. The molecule has 1 N–H and O–H groups in total. The van der Waals surface area contributed by atoms with Gasteiger partial charge in [0, 0.05) is 44.9 Å².